The van der Waals surface area contributed by atoms with Crippen LogP contribution in [-0.4, -0.2) is 42.6 Å². The third-order valence-electron chi connectivity index (χ3n) is 3.99. The average molecular weight is 354 g/mol. The molecule has 1 amide bonds. The summed E-state index contributed by atoms with van der Waals surface area (Å²) in [5, 5.41) is 0.667. The van der Waals surface area contributed by atoms with E-state index in [1.54, 1.807) is 17.9 Å². The highest BCUT2D eigenvalue weighted by atomic mass is 35.5. The van der Waals surface area contributed by atoms with Crippen molar-refractivity contribution >= 4 is 23.5 Å². The number of rotatable bonds is 7. The lowest BCUT2D eigenvalue weighted by Crippen LogP contribution is -2.38. The van der Waals surface area contributed by atoms with Gasteiger partial charge in [0, 0.05) is 24.5 Å². The lowest BCUT2D eigenvalue weighted by Gasteiger charge is -2.20. The Labute approximate surface area is 147 Å². The third kappa shape index (κ3) is 5.41. The van der Waals surface area contributed by atoms with Gasteiger partial charge in [0.05, 0.1) is 6.61 Å². The molecule has 0 radical (unpaired) electrons. The Morgan fingerprint density at radius 3 is 2.67 bits per heavy atom. The van der Waals surface area contributed by atoms with E-state index in [1.165, 1.54) is 0 Å². The molecular formula is C18H24ClNO4. The van der Waals surface area contributed by atoms with Gasteiger partial charge in [0.15, 0.2) is 6.10 Å². The minimum absolute atomic E-state index is 0.103. The molecule has 2 rings (SSSR count). The third-order valence-corrected chi connectivity index (χ3v) is 4.23. The fourth-order valence-electron chi connectivity index (χ4n) is 2.67. The van der Waals surface area contributed by atoms with Gasteiger partial charge < -0.3 is 14.4 Å². The van der Waals surface area contributed by atoms with Crippen LogP contribution < -0.4 is 4.74 Å². The van der Waals surface area contributed by atoms with Crippen LogP contribution in [0.2, 0.25) is 5.02 Å². The fraction of sp³-hybridized carbons (Fsp3) is 0.556. The molecular weight excluding hydrogens is 330 g/mol. The normalized spacial score (nSPS) is 15.2. The van der Waals surface area contributed by atoms with Crippen molar-refractivity contribution in [2.75, 3.05) is 19.7 Å². The molecule has 1 saturated heterocycles. The number of nitrogens with zero attached hydrogens (tertiary/aromatic N) is 1. The predicted octanol–water partition coefficient (Wildman–Crippen LogP) is 3.36. The van der Waals surface area contributed by atoms with E-state index >= 15 is 0 Å². The summed E-state index contributed by atoms with van der Waals surface area (Å²) in [7, 11) is 0. The number of ether oxygens (including phenoxy) is 2. The molecule has 0 aliphatic carbocycles. The molecule has 1 aliphatic rings. The molecule has 24 heavy (non-hydrogen) atoms. The van der Waals surface area contributed by atoms with Crippen molar-refractivity contribution in [1.82, 2.24) is 4.90 Å². The maximum absolute atomic E-state index is 12.1. The van der Waals surface area contributed by atoms with Gasteiger partial charge in [-0.05, 0) is 56.9 Å². The van der Waals surface area contributed by atoms with Crippen molar-refractivity contribution in [3.8, 4) is 5.75 Å². The molecule has 1 aromatic rings. The van der Waals surface area contributed by atoms with Crippen LogP contribution in [0.1, 0.15) is 38.2 Å². The summed E-state index contributed by atoms with van der Waals surface area (Å²) in [6.07, 6.45) is 2.09. The topological polar surface area (TPSA) is 55.8 Å². The molecule has 0 saturated carbocycles. The number of hydrogen-bond acceptors (Lipinski definition) is 4. The van der Waals surface area contributed by atoms with Gasteiger partial charge in [0.2, 0.25) is 0 Å². The van der Waals surface area contributed by atoms with Crippen molar-refractivity contribution in [3.63, 3.8) is 0 Å². The van der Waals surface area contributed by atoms with Gasteiger partial charge in [-0.25, -0.2) is 0 Å². The van der Waals surface area contributed by atoms with Crippen LogP contribution >= 0.6 is 11.6 Å². The zero-order chi connectivity index (χ0) is 17.5. The number of esters is 1. The Balaban J connectivity index is 1.66. The van der Waals surface area contributed by atoms with Gasteiger partial charge in [0.25, 0.3) is 5.91 Å². The largest absolute Gasteiger partial charge is 0.493 e. The number of carbonyl (C=O) groups is 2. The average Bonchev–Trinajstić information content (AvgIpc) is 3.06. The lowest BCUT2D eigenvalue weighted by atomic mass is 10.2. The van der Waals surface area contributed by atoms with E-state index in [9.17, 15) is 9.59 Å². The minimum Gasteiger partial charge on any atom is -0.493 e. The first-order valence-corrected chi connectivity index (χ1v) is 8.72. The molecule has 5 nitrogen and oxygen atoms in total. The van der Waals surface area contributed by atoms with E-state index < -0.39 is 6.10 Å². The van der Waals surface area contributed by atoms with E-state index in [0.29, 0.717) is 18.1 Å². The van der Waals surface area contributed by atoms with Crippen LogP contribution in [0.4, 0.5) is 0 Å². The molecule has 132 valence electrons. The number of aryl methyl sites for hydroxylation is 1. The number of carbonyl (C=O) groups excluding carboxylic acids is 2. The molecule has 0 bridgehead atoms. The SMILES string of the molecule is Cc1cc(Cl)ccc1OCCCC(=O)OC(C)C(=O)N1CCCC1. The predicted molar refractivity (Wildman–Crippen MR) is 92.3 cm³/mol. The van der Waals surface area contributed by atoms with E-state index in [-0.39, 0.29) is 18.3 Å². The molecule has 1 aliphatic heterocycles. The summed E-state index contributed by atoms with van der Waals surface area (Å²) >= 11 is 5.89. The Bertz CT molecular complexity index is 584. The second-order valence-corrected chi connectivity index (χ2v) is 6.46. The van der Waals surface area contributed by atoms with Gasteiger partial charge in [-0.15, -0.1) is 0 Å². The monoisotopic (exact) mass is 353 g/mol. The number of likely N-dealkylation sites (tertiary alicyclic amines) is 1. The smallest absolute Gasteiger partial charge is 0.306 e. The number of benzene rings is 1. The molecule has 0 spiro atoms. The Hall–Kier alpha value is -1.75. The number of halogens is 1. The number of amides is 1. The summed E-state index contributed by atoms with van der Waals surface area (Å²) in [4.78, 5) is 25.7. The zero-order valence-electron chi connectivity index (χ0n) is 14.2. The van der Waals surface area contributed by atoms with Crippen LogP contribution in [0.3, 0.4) is 0 Å². The summed E-state index contributed by atoms with van der Waals surface area (Å²) in [5.74, 6) is 0.283. The molecule has 0 N–H and O–H groups in total. The van der Waals surface area contributed by atoms with Crippen LogP contribution in [0.5, 0.6) is 5.75 Å². The van der Waals surface area contributed by atoms with Gasteiger partial charge in [0.1, 0.15) is 5.75 Å². The maximum atomic E-state index is 12.1. The van der Waals surface area contributed by atoms with Crippen molar-refractivity contribution in [2.45, 2.75) is 45.6 Å². The quantitative estimate of drug-likeness (QED) is 0.557. The first kappa shape index (κ1) is 18.6. The van der Waals surface area contributed by atoms with E-state index in [2.05, 4.69) is 0 Å². The van der Waals surface area contributed by atoms with Gasteiger partial charge in [-0.2, -0.15) is 0 Å². The molecule has 6 heteroatoms. The summed E-state index contributed by atoms with van der Waals surface area (Å²) in [6, 6.07) is 5.41. The van der Waals surface area contributed by atoms with Crippen molar-refractivity contribution in [1.29, 1.82) is 0 Å². The highest BCUT2D eigenvalue weighted by Crippen LogP contribution is 2.22. The Morgan fingerprint density at radius 2 is 2.00 bits per heavy atom. The van der Waals surface area contributed by atoms with Gasteiger partial charge in [-0.1, -0.05) is 11.6 Å². The van der Waals surface area contributed by atoms with Crippen molar-refractivity contribution in [3.05, 3.63) is 28.8 Å². The van der Waals surface area contributed by atoms with Crippen LogP contribution in [-0.2, 0) is 14.3 Å². The van der Waals surface area contributed by atoms with Gasteiger partial charge >= 0.3 is 5.97 Å². The molecule has 1 heterocycles. The van der Waals surface area contributed by atoms with E-state index in [0.717, 1.165) is 37.2 Å². The highest BCUT2D eigenvalue weighted by Gasteiger charge is 2.25. The first-order chi connectivity index (χ1) is 11.5. The molecule has 1 fully saturated rings. The first-order valence-electron chi connectivity index (χ1n) is 8.34. The number of hydrogen-bond donors (Lipinski definition) is 0. The van der Waals surface area contributed by atoms with E-state index in [4.69, 9.17) is 21.1 Å². The second kappa shape index (κ2) is 8.92. The second-order valence-electron chi connectivity index (χ2n) is 6.03. The summed E-state index contributed by atoms with van der Waals surface area (Å²) < 4.78 is 10.8. The van der Waals surface area contributed by atoms with Crippen LogP contribution in [0.15, 0.2) is 18.2 Å². The molecule has 1 atom stereocenters. The summed E-state index contributed by atoms with van der Waals surface area (Å²) in [6.45, 7) is 5.48. The fourth-order valence-corrected chi connectivity index (χ4v) is 2.90. The molecule has 1 aromatic carbocycles. The zero-order valence-corrected chi connectivity index (χ0v) is 15.0. The van der Waals surface area contributed by atoms with Crippen LogP contribution in [0.25, 0.3) is 0 Å². The summed E-state index contributed by atoms with van der Waals surface area (Å²) in [5.41, 5.74) is 0.954. The molecule has 1 unspecified atom stereocenters. The lowest BCUT2D eigenvalue weighted by molar-refractivity contribution is -0.158. The van der Waals surface area contributed by atoms with Crippen LogP contribution in [0, 0.1) is 6.92 Å². The standard InChI is InChI=1S/C18H24ClNO4/c1-13-12-15(19)7-8-16(13)23-11-5-6-17(21)24-14(2)18(22)20-9-3-4-10-20/h7-8,12,14H,3-6,9-11H2,1-2H3. The minimum atomic E-state index is -0.713. The maximum Gasteiger partial charge on any atom is 0.306 e. The van der Waals surface area contributed by atoms with Gasteiger partial charge in [-0.3, -0.25) is 9.59 Å². The highest BCUT2D eigenvalue weighted by molar-refractivity contribution is 6.30. The van der Waals surface area contributed by atoms with Crippen molar-refractivity contribution < 1.29 is 19.1 Å². The Kier molecular flexibility index (Phi) is 6.91. The van der Waals surface area contributed by atoms with E-state index in [1.807, 2.05) is 19.1 Å². The molecule has 0 aromatic heterocycles. The van der Waals surface area contributed by atoms with Crippen molar-refractivity contribution in [2.24, 2.45) is 0 Å². The Morgan fingerprint density at radius 1 is 1.29 bits per heavy atom.